The van der Waals surface area contributed by atoms with Crippen LogP contribution in [0.2, 0.25) is 0 Å². The number of fused-ring (bicyclic) bond motifs is 1. The van der Waals surface area contributed by atoms with Crippen LogP contribution in [0.5, 0.6) is 5.75 Å². The van der Waals surface area contributed by atoms with E-state index in [2.05, 4.69) is 52.3 Å². The van der Waals surface area contributed by atoms with E-state index in [0.717, 1.165) is 39.1 Å². The summed E-state index contributed by atoms with van der Waals surface area (Å²) in [4.78, 5) is 5.05. The predicted octanol–water partition coefficient (Wildman–Crippen LogP) is 3.91. The van der Waals surface area contributed by atoms with E-state index in [1.807, 2.05) is 12.1 Å². The van der Waals surface area contributed by atoms with Gasteiger partial charge in [0.2, 0.25) is 0 Å². The van der Waals surface area contributed by atoms with E-state index in [1.54, 1.807) is 12.1 Å². The van der Waals surface area contributed by atoms with Crippen molar-refractivity contribution in [3.05, 3.63) is 72.3 Å². The molecule has 25 heavy (non-hydrogen) atoms. The number of hydrogen-bond acceptors (Lipinski definition) is 3. The van der Waals surface area contributed by atoms with Gasteiger partial charge in [-0.2, -0.15) is 0 Å². The van der Waals surface area contributed by atoms with E-state index in [9.17, 15) is 5.11 Å². The Morgan fingerprint density at radius 3 is 2.28 bits per heavy atom. The first-order valence-corrected chi connectivity index (χ1v) is 9.02. The molecule has 0 radical (unpaired) electrons. The summed E-state index contributed by atoms with van der Waals surface area (Å²) < 4.78 is 0. The van der Waals surface area contributed by atoms with Crippen LogP contribution in [0.3, 0.4) is 0 Å². The SMILES string of the molecule is Oc1ccc(CCN2CCN(c3cccc4ccccc34)CC2)cc1. The molecule has 0 amide bonds. The summed E-state index contributed by atoms with van der Waals surface area (Å²) in [5, 5.41) is 12.0. The van der Waals surface area contributed by atoms with Crippen LogP contribution in [0.15, 0.2) is 66.7 Å². The molecule has 0 atom stereocenters. The Balaban J connectivity index is 1.37. The Morgan fingerprint density at radius 1 is 0.760 bits per heavy atom. The van der Waals surface area contributed by atoms with Crippen LogP contribution in [0.25, 0.3) is 10.8 Å². The molecule has 3 heteroatoms. The summed E-state index contributed by atoms with van der Waals surface area (Å²) in [6.45, 7) is 5.42. The Kier molecular flexibility index (Phi) is 4.57. The Morgan fingerprint density at radius 2 is 1.48 bits per heavy atom. The molecule has 3 aromatic rings. The number of benzene rings is 3. The average molecular weight is 332 g/mol. The number of phenolic OH excluding ortho intramolecular Hbond substituents is 1. The second-order valence-corrected chi connectivity index (χ2v) is 6.74. The molecule has 0 saturated carbocycles. The van der Waals surface area contributed by atoms with Crippen LogP contribution < -0.4 is 4.90 Å². The van der Waals surface area contributed by atoms with Crippen molar-refractivity contribution in [1.82, 2.24) is 4.90 Å². The van der Waals surface area contributed by atoms with Gasteiger partial charge < -0.3 is 10.0 Å². The van der Waals surface area contributed by atoms with Gasteiger partial charge in [-0.25, -0.2) is 0 Å². The molecule has 1 fully saturated rings. The van der Waals surface area contributed by atoms with Crippen molar-refractivity contribution in [2.24, 2.45) is 0 Å². The summed E-state index contributed by atoms with van der Waals surface area (Å²) >= 11 is 0. The largest absolute Gasteiger partial charge is 0.508 e. The van der Waals surface area contributed by atoms with Crippen LogP contribution in [0.1, 0.15) is 5.56 Å². The smallest absolute Gasteiger partial charge is 0.115 e. The standard InChI is InChI=1S/C22H24N2O/c25-20-10-8-18(9-11-20)12-13-23-14-16-24(17-15-23)22-7-3-5-19-4-1-2-6-21(19)22/h1-11,25H,12-17H2. The summed E-state index contributed by atoms with van der Waals surface area (Å²) in [6.07, 6.45) is 1.04. The van der Waals surface area contributed by atoms with Crippen LogP contribution in [0, 0.1) is 0 Å². The number of aromatic hydroxyl groups is 1. The lowest BCUT2D eigenvalue weighted by atomic mass is 10.1. The molecule has 1 aliphatic heterocycles. The molecule has 128 valence electrons. The number of rotatable bonds is 4. The van der Waals surface area contributed by atoms with Gasteiger partial charge in [-0.3, -0.25) is 4.90 Å². The fraction of sp³-hybridized carbons (Fsp3) is 0.273. The maximum atomic E-state index is 9.37. The van der Waals surface area contributed by atoms with Crippen molar-refractivity contribution in [3.63, 3.8) is 0 Å². The highest BCUT2D eigenvalue weighted by Crippen LogP contribution is 2.27. The number of piperazine rings is 1. The van der Waals surface area contributed by atoms with E-state index in [-0.39, 0.29) is 0 Å². The van der Waals surface area contributed by atoms with Gasteiger partial charge in [0.25, 0.3) is 0 Å². The van der Waals surface area contributed by atoms with Crippen molar-refractivity contribution in [2.45, 2.75) is 6.42 Å². The van der Waals surface area contributed by atoms with Crippen LogP contribution in [-0.2, 0) is 6.42 Å². The highest BCUT2D eigenvalue weighted by molar-refractivity contribution is 5.94. The minimum atomic E-state index is 0.340. The zero-order valence-electron chi connectivity index (χ0n) is 14.4. The third kappa shape index (κ3) is 3.62. The normalized spacial score (nSPS) is 15.6. The van der Waals surface area contributed by atoms with Gasteiger partial charge in [-0.15, -0.1) is 0 Å². The second kappa shape index (κ2) is 7.16. The number of hydrogen-bond donors (Lipinski definition) is 1. The molecule has 0 unspecified atom stereocenters. The third-order valence-corrected chi connectivity index (χ3v) is 5.13. The number of phenols is 1. The van der Waals surface area contributed by atoms with Crippen LogP contribution in [0.4, 0.5) is 5.69 Å². The van der Waals surface area contributed by atoms with Gasteiger partial charge in [0.1, 0.15) is 5.75 Å². The fourth-order valence-corrected chi connectivity index (χ4v) is 3.65. The Bertz CT molecular complexity index is 831. The lowest BCUT2D eigenvalue weighted by Crippen LogP contribution is -2.47. The van der Waals surface area contributed by atoms with Gasteiger partial charge in [0.05, 0.1) is 0 Å². The Labute approximate surface area is 149 Å². The summed E-state index contributed by atoms with van der Waals surface area (Å²) in [5.74, 6) is 0.340. The fourth-order valence-electron chi connectivity index (χ4n) is 3.65. The average Bonchev–Trinajstić information content (AvgIpc) is 2.68. The summed E-state index contributed by atoms with van der Waals surface area (Å²) in [5.41, 5.74) is 2.64. The van der Waals surface area contributed by atoms with Crippen LogP contribution in [-0.4, -0.2) is 42.7 Å². The lowest BCUT2D eigenvalue weighted by Gasteiger charge is -2.36. The van der Waals surface area contributed by atoms with Gasteiger partial charge in [0, 0.05) is 43.8 Å². The van der Waals surface area contributed by atoms with E-state index in [4.69, 9.17) is 0 Å². The minimum absolute atomic E-state index is 0.340. The van der Waals surface area contributed by atoms with E-state index < -0.39 is 0 Å². The highest BCUT2D eigenvalue weighted by Gasteiger charge is 2.18. The Hall–Kier alpha value is -2.52. The third-order valence-electron chi connectivity index (χ3n) is 5.13. The predicted molar refractivity (Wildman–Crippen MR) is 104 cm³/mol. The highest BCUT2D eigenvalue weighted by atomic mass is 16.3. The second-order valence-electron chi connectivity index (χ2n) is 6.74. The zero-order valence-corrected chi connectivity index (χ0v) is 14.4. The molecule has 0 bridgehead atoms. The molecule has 0 spiro atoms. The van der Waals surface area contributed by atoms with Crippen LogP contribution >= 0.6 is 0 Å². The molecule has 1 saturated heterocycles. The molecule has 0 aromatic heterocycles. The molecule has 4 rings (SSSR count). The molecule has 1 heterocycles. The maximum absolute atomic E-state index is 9.37. The maximum Gasteiger partial charge on any atom is 0.115 e. The molecular formula is C22H24N2O. The van der Waals surface area contributed by atoms with E-state index in [0.29, 0.717) is 5.75 Å². The van der Waals surface area contributed by atoms with Gasteiger partial charge >= 0.3 is 0 Å². The van der Waals surface area contributed by atoms with Crippen molar-refractivity contribution in [3.8, 4) is 5.75 Å². The monoisotopic (exact) mass is 332 g/mol. The molecular weight excluding hydrogens is 308 g/mol. The topological polar surface area (TPSA) is 26.7 Å². The minimum Gasteiger partial charge on any atom is -0.508 e. The first kappa shape index (κ1) is 16.0. The number of anilines is 1. The molecule has 0 aliphatic carbocycles. The molecule has 1 aliphatic rings. The molecule has 1 N–H and O–H groups in total. The van der Waals surface area contributed by atoms with E-state index in [1.165, 1.54) is 22.0 Å². The van der Waals surface area contributed by atoms with E-state index >= 15 is 0 Å². The zero-order chi connectivity index (χ0) is 17.1. The van der Waals surface area contributed by atoms with Crippen molar-refractivity contribution in [2.75, 3.05) is 37.6 Å². The number of nitrogens with zero attached hydrogens (tertiary/aromatic N) is 2. The molecule has 3 nitrogen and oxygen atoms in total. The van der Waals surface area contributed by atoms with Crippen molar-refractivity contribution >= 4 is 16.5 Å². The van der Waals surface area contributed by atoms with Gasteiger partial charge in [0.15, 0.2) is 0 Å². The van der Waals surface area contributed by atoms with Crippen molar-refractivity contribution in [1.29, 1.82) is 0 Å². The molecule has 3 aromatic carbocycles. The van der Waals surface area contributed by atoms with Gasteiger partial charge in [-0.1, -0.05) is 48.5 Å². The van der Waals surface area contributed by atoms with Crippen molar-refractivity contribution < 1.29 is 5.11 Å². The van der Waals surface area contributed by atoms with Gasteiger partial charge in [-0.05, 0) is 35.6 Å². The summed E-state index contributed by atoms with van der Waals surface area (Å²) in [7, 11) is 0. The first-order valence-electron chi connectivity index (χ1n) is 9.02. The summed E-state index contributed by atoms with van der Waals surface area (Å²) in [6, 6.07) is 22.8. The lowest BCUT2D eigenvalue weighted by molar-refractivity contribution is 0.261. The first-order chi connectivity index (χ1) is 12.3. The quantitative estimate of drug-likeness (QED) is 0.785.